The Morgan fingerprint density at radius 2 is 0.897 bits per heavy atom. The normalized spacial score (nSPS) is 10.6. The van der Waals surface area contributed by atoms with Crippen molar-refractivity contribution in [3.63, 3.8) is 0 Å². The molecule has 0 N–H and O–H groups in total. The summed E-state index contributed by atoms with van der Waals surface area (Å²) in [5, 5.41) is 11.2. The third-order valence-corrected chi connectivity index (χ3v) is 9.07. The molecule has 0 nitrogen and oxygen atoms in total. The van der Waals surface area contributed by atoms with Crippen molar-refractivity contribution in [3.05, 3.63) is 158 Å². The van der Waals surface area contributed by atoms with Crippen molar-refractivity contribution in [2.45, 2.75) is 13.8 Å². The zero-order valence-electron chi connectivity index (χ0n) is 22.6. The van der Waals surface area contributed by atoms with Crippen LogP contribution in [-0.4, -0.2) is 0 Å². The van der Waals surface area contributed by atoms with Crippen LogP contribution < -0.4 is 21.2 Å². The molecular formula is C36H34P2Ti. The summed E-state index contributed by atoms with van der Waals surface area (Å²) in [5.41, 5.74) is 2.77. The van der Waals surface area contributed by atoms with Gasteiger partial charge in [-0.1, -0.05) is 103 Å². The number of aryl methyl sites for hydroxylation is 2. The van der Waals surface area contributed by atoms with Crippen LogP contribution in [0.1, 0.15) is 11.1 Å². The summed E-state index contributed by atoms with van der Waals surface area (Å²) in [5.74, 6) is 0. The van der Waals surface area contributed by atoms with Crippen molar-refractivity contribution in [1.29, 1.82) is 0 Å². The first-order valence-corrected chi connectivity index (χ1v) is 14.8. The molecule has 3 heteroatoms. The first kappa shape index (κ1) is 30.7. The molecule has 2 unspecified atom stereocenters. The zero-order chi connectivity index (χ0) is 26.7. The number of fused-ring (bicyclic) bond motifs is 2. The second kappa shape index (κ2) is 15.7. The van der Waals surface area contributed by atoms with Gasteiger partial charge in [0.05, 0.1) is 0 Å². The molecule has 39 heavy (non-hydrogen) atoms. The van der Waals surface area contributed by atoms with Gasteiger partial charge in [-0.3, -0.25) is 0 Å². The summed E-state index contributed by atoms with van der Waals surface area (Å²) in [6.07, 6.45) is 3.28. The minimum Gasteiger partial charge on any atom is -0.160 e. The van der Waals surface area contributed by atoms with Crippen molar-refractivity contribution in [1.82, 2.24) is 0 Å². The molecule has 0 saturated carbocycles. The summed E-state index contributed by atoms with van der Waals surface area (Å²) in [7, 11) is 1.52. The van der Waals surface area contributed by atoms with Crippen molar-refractivity contribution in [3.8, 4) is 0 Å². The minimum atomic E-state index is 0. The number of hydrogen-bond acceptors (Lipinski definition) is 0. The summed E-state index contributed by atoms with van der Waals surface area (Å²) in [4.78, 5) is 0. The van der Waals surface area contributed by atoms with Crippen LogP contribution in [0.25, 0.3) is 21.5 Å². The second-order valence-corrected chi connectivity index (χ2v) is 11.8. The van der Waals surface area contributed by atoms with Crippen LogP contribution in [0, 0.1) is 13.8 Å². The minimum absolute atomic E-state index is 0. The Hall–Kier alpha value is -2.85. The monoisotopic (exact) mass is 576 g/mol. The predicted octanol–water partition coefficient (Wildman–Crippen LogP) is 8.35. The molecule has 192 valence electrons. The van der Waals surface area contributed by atoms with Crippen molar-refractivity contribution in [2.24, 2.45) is 0 Å². The van der Waals surface area contributed by atoms with E-state index in [0.717, 1.165) is 17.2 Å². The van der Waals surface area contributed by atoms with Gasteiger partial charge >= 0.3 is 21.7 Å². The first-order chi connectivity index (χ1) is 18.6. The molecule has 0 heterocycles. The predicted molar refractivity (Wildman–Crippen MR) is 177 cm³/mol. The van der Waals surface area contributed by atoms with E-state index >= 15 is 0 Å². The quantitative estimate of drug-likeness (QED) is 0.0838. The van der Waals surface area contributed by atoms with Crippen molar-refractivity contribution >= 4 is 59.9 Å². The van der Waals surface area contributed by atoms with Crippen LogP contribution in [0.15, 0.2) is 147 Å². The van der Waals surface area contributed by atoms with Crippen LogP contribution in [0.4, 0.5) is 0 Å². The standard InChI is InChI=1S/2C16H14P.C4H6.Ti/c2*1-12-6-2-5-9-16(12)17-15-10-13-7-3-4-8-14(13)11-15;1-3-4-2;/h2*2-11,17H,1H3;3-4H,1-2H2;/q2*-1;;+2. The number of benzene rings is 4. The number of rotatable bonds is 5. The van der Waals surface area contributed by atoms with E-state index in [-0.39, 0.29) is 21.7 Å². The Labute approximate surface area is 252 Å². The van der Waals surface area contributed by atoms with Gasteiger partial charge < -0.3 is 0 Å². The van der Waals surface area contributed by atoms with Gasteiger partial charge in [0.25, 0.3) is 0 Å². The average Bonchev–Trinajstić information content (AvgIpc) is 3.55. The molecule has 0 saturated heterocycles. The van der Waals surface area contributed by atoms with Crippen LogP contribution in [0.5, 0.6) is 0 Å². The van der Waals surface area contributed by atoms with E-state index in [1.165, 1.54) is 53.9 Å². The third kappa shape index (κ3) is 8.83. The average molecular weight is 576 g/mol. The van der Waals surface area contributed by atoms with Gasteiger partial charge in [-0.15, -0.1) is 80.7 Å². The van der Waals surface area contributed by atoms with E-state index < -0.39 is 0 Å². The van der Waals surface area contributed by atoms with E-state index in [9.17, 15) is 0 Å². The Bertz CT molecular complexity index is 1450. The van der Waals surface area contributed by atoms with Crippen LogP contribution in [0.2, 0.25) is 0 Å². The molecule has 2 atom stereocenters. The van der Waals surface area contributed by atoms with Crippen LogP contribution in [0.3, 0.4) is 0 Å². The molecule has 0 spiro atoms. The number of hydrogen-bond donors (Lipinski definition) is 0. The Balaban J connectivity index is 0.000000186. The molecular weight excluding hydrogens is 542 g/mol. The summed E-state index contributed by atoms with van der Waals surface area (Å²) >= 11 is 0. The smallest absolute Gasteiger partial charge is 0.160 e. The molecule has 0 amide bonds. The van der Waals surface area contributed by atoms with E-state index in [1.54, 1.807) is 12.2 Å². The molecule has 0 fully saturated rings. The van der Waals surface area contributed by atoms with Crippen molar-refractivity contribution in [2.75, 3.05) is 0 Å². The maximum atomic E-state index is 3.36. The summed E-state index contributed by atoms with van der Waals surface area (Å²) < 4.78 is 0. The zero-order valence-corrected chi connectivity index (χ0v) is 26.2. The maximum absolute atomic E-state index is 3.36. The van der Waals surface area contributed by atoms with E-state index in [0.29, 0.717) is 0 Å². The topological polar surface area (TPSA) is 0 Å². The third-order valence-electron chi connectivity index (χ3n) is 6.25. The fraction of sp³-hybridized carbons (Fsp3) is 0.0556. The van der Waals surface area contributed by atoms with Gasteiger partial charge in [0, 0.05) is 0 Å². The Morgan fingerprint density at radius 3 is 1.26 bits per heavy atom. The van der Waals surface area contributed by atoms with Gasteiger partial charge in [-0.25, -0.2) is 0 Å². The molecule has 0 aromatic heterocycles. The Kier molecular flexibility index (Phi) is 12.3. The van der Waals surface area contributed by atoms with Crippen LogP contribution >= 0.6 is 17.2 Å². The molecule has 6 aromatic carbocycles. The van der Waals surface area contributed by atoms with E-state index in [4.69, 9.17) is 0 Å². The molecule has 6 rings (SSSR count). The molecule has 0 aliphatic rings. The summed E-state index contributed by atoms with van der Waals surface area (Å²) in [6.45, 7) is 11.1. The molecule has 0 aliphatic heterocycles. The largest absolute Gasteiger partial charge is 2.00 e. The van der Waals surface area contributed by atoms with Gasteiger partial charge in [-0.2, -0.15) is 12.1 Å². The van der Waals surface area contributed by atoms with Gasteiger partial charge in [0.2, 0.25) is 0 Å². The van der Waals surface area contributed by atoms with Gasteiger partial charge in [0.15, 0.2) is 0 Å². The molecule has 0 radical (unpaired) electrons. The first-order valence-electron chi connectivity index (χ1n) is 12.8. The fourth-order valence-electron chi connectivity index (χ4n) is 4.18. The SMILES string of the molecule is C=CC=C.Cc1ccccc1Pc1cc2ccccc2[cH-]1.Cc1ccccc1Pc1cc2ccccc2[cH-]1.[Ti+2]. The van der Waals surface area contributed by atoms with E-state index in [1.807, 2.05) is 0 Å². The molecule has 6 aromatic rings. The fourth-order valence-corrected chi connectivity index (χ4v) is 6.64. The van der Waals surface area contributed by atoms with E-state index in [2.05, 4.69) is 148 Å². The second-order valence-electron chi connectivity index (χ2n) is 9.10. The Morgan fingerprint density at radius 1 is 0.538 bits per heavy atom. The maximum Gasteiger partial charge on any atom is 2.00 e. The van der Waals surface area contributed by atoms with Crippen molar-refractivity contribution < 1.29 is 21.7 Å². The van der Waals surface area contributed by atoms with Gasteiger partial charge in [0.1, 0.15) is 0 Å². The number of allylic oxidation sites excluding steroid dienone is 2. The van der Waals surface area contributed by atoms with Gasteiger partial charge in [-0.05, 0) is 35.6 Å². The molecule has 0 aliphatic carbocycles. The van der Waals surface area contributed by atoms with Crippen LogP contribution in [-0.2, 0) is 21.7 Å². The molecule has 0 bridgehead atoms. The summed E-state index contributed by atoms with van der Waals surface area (Å²) in [6, 6.07) is 43.6.